The van der Waals surface area contributed by atoms with Crippen LogP contribution in [0.2, 0.25) is 0 Å². The fourth-order valence-electron chi connectivity index (χ4n) is 1.79. The van der Waals surface area contributed by atoms with E-state index in [-0.39, 0.29) is 5.91 Å². The maximum absolute atomic E-state index is 12.4. The van der Waals surface area contributed by atoms with E-state index in [1.165, 1.54) is 0 Å². The summed E-state index contributed by atoms with van der Waals surface area (Å²) in [5.74, 6) is -0.203. The van der Waals surface area contributed by atoms with Gasteiger partial charge in [0.25, 0.3) is 5.91 Å². The fourth-order valence-corrected chi connectivity index (χ4v) is 2.29. The molecule has 0 radical (unpaired) electrons. The predicted octanol–water partition coefficient (Wildman–Crippen LogP) is 2.94. The van der Waals surface area contributed by atoms with Crippen molar-refractivity contribution < 1.29 is 4.79 Å². The van der Waals surface area contributed by atoms with Gasteiger partial charge < -0.3 is 11.1 Å². The van der Waals surface area contributed by atoms with Crippen LogP contribution in [0.15, 0.2) is 28.7 Å². The minimum Gasteiger partial charge on any atom is -0.399 e. The average Bonchev–Trinajstić information content (AvgIpc) is 2.41. The Balaban J connectivity index is 2.30. The van der Waals surface area contributed by atoms with Crippen molar-refractivity contribution in [3.63, 3.8) is 0 Å². The van der Waals surface area contributed by atoms with Crippen LogP contribution in [0.5, 0.6) is 0 Å². The van der Waals surface area contributed by atoms with E-state index in [2.05, 4.69) is 31.4 Å². The highest BCUT2D eigenvalue weighted by Crippen LogP contribution is 2.25. The highest BCUT2D eigenvalue weighted by Gasteiger charge is 2.14. The van der Waals surface area contributed by atoms with Crippen LogP contribution >= 0.6 is 15.9 Å². The Kier molecular flexibility index (Phi) is 4.34. The molecule has 0 aliphatic rings. The van der Waals surface area contributed by atoms with Gasteiger partial charge in [-0.2, -0.15) is 10.2 Å². The maximum atomic E-state index is 12.4. The van der Waals surface area contributed by atoms with Gasteiger partial charge in [-0.05, 0) is 53.5 Å². The number of carbonyl (C=O) groups is 1. The third kappa shape index (κ3) is 3.14. The Morgan fingerprint density at radius 2 is 2.10 bits per heavy atom. The summed E-state index contributed by atoms with van der Waals surface area (Å²) in [5, 5.41) is 10.9. The summed E-state index contributed by atoms with van der Waals surface area (Å²) in [6.07, 6.45) is 0.652. The molecule has 6 heteroatoms. The van der Waals surface area contributed by atoms with E-state index in [0.29, 0.717) is 34.7 Å². The lowest BCUT2D eigenvalue weighted by atomic mass is 10.1. The van der Waals surface area contributed by atoms with Gasteiger partial charge in [-0.25, -0.2) is 0 Å². The molecular formula is C14H15BrN4O. The van der Waals surface area contributed by atoms with Gasteiger partial charge >= 0.3 is 0 Å². The van der Waals surface area contributed by atoms with Gasteiger partial charge in [0, 0.05) is 10.2 Å². The number of nitrogens with two attached hydrogens (primary N) is 1. The highest BCUT2D eigenvalue weighted by atomic mass is 79.9. The molecule has 0 aliphatic heterocycles. The number of anilines is 2. The highest BCUT2D eigenvalue weighted by molar-refractivity contribution is 9.10. The second-order valence-electron chi connectivity index (χ2n) is 4.39. The number of aromatic nitrogens is 2. The number of hydrogen-bond donors (Lipinski definition) is 2. The summed E-state index contributed by atoms with van der Waals surface area (Å²) in [7, 11) is 0. The van der Waals surface area contributed by atoms with Crippen molar-refractivity contribution in [1.29, 1.82) is 0 Å². The quantitative estimate of drug-likeness (QED) is 0.845. The van der Waals surface area contributed by atoms with E-state index in [1.54, 1.807) is 24.3 Å². The Labute approximate surface area is 125 Å². The molecule has 0 fully saturated rings. The SMILES string of the molecule is CCc1nnc(C)cc1C(=O)Nc1ccc(N)cc1Br. The van der Waals surface area contributed by atoms with Crippen molar-refractivity contribution in [3.05, 3.63) is 45.7 Å². The average molecular weight is 335 g/mol. The monoisotopic (exact) mass is 334 g/mol. The number of carbonyl (C=O) groups excluding carboxylic acids is 1. The summed E-state index contributed by atoms with van der Waals surface area (Å²) >= 11 is 3.38. The van der Waals surface area contributed by atoms with Crippen LogP contribution in [0.3, 0.4) is 0 Å². The van der Waals surface area contributed by atoms with Crippen LogP contribution in [0.4, 0.5) is 11.4 Å². The molecule has 20 heavy (non-hydrogen) atoms. The number of nitrogens with one attached hydrogen (secondary N) is 1. The largest absolute Gasteiger partial charge is 0.399 e. The molecule has 1 heterocycles. The summed E-state index contributed by atoms with van der Waals surface area (Å²) in [6, 6.07) is 6.97. The molecule has 0 spiro atoms. The van der Waals surface area contributed by atoms with Crippen molar-refractivity contribution >= 4 is 33.2 Å². The van der Waals surface area contributed by atoms with Crippen molar-refractivity contribution in [2.24, 2.45) is 0 Å². The number of nitrogens with zero attached hydrogens (tertiary/aromatic N) is 2. The summed E-state index contributed by atoms with van der Waals surface area (Å²) in [6.45, 7) is 3.75. The molecule has 1 amide bonds. The van der Waals surface area contributed by atoms with E-state index >= 15 is 0 Å². The lowest BCUT2D eigenvalue weighted by Crippen LogP contribution is -2.16. The predicted molar refractivity (Wildman–Crippen MR) is 82.7 cm³/mol. The number of aryl methyl sites for hydroxylation is 2. The molecule has 0 saturated carbocycles. The number of benzene rings is 1. The first-order valence-electron chi connectivity index (χ1n) is 6.21. The minimum atomic E-state index is -0.203. The van der Waals surface area contributed by atoms with E-state index in [9.17, 15) is 4.79 Å². The van der Waals surface area contributed by atoms with Crippen LogP contribution in [0.25, 0.3) is 0 Å². The minimum absolute atomic E-state index is 0.203. The van der Waals surface area contributed by atoms with Crippen molar-refractivity contribution in [3.8, 4) is 0 Å². The Bertz CT molecular complexity index is 658. The Morgan fingerprint density at radius 3 is 2.75 bits per heavy atom. The van der Waals surface area contributed by atoms with Crippen LogP contribution in [-0.4, -0.2) is 16.1 Å². The van der Waals surface area contributed by atoms with Gasteiger partial charge in [0.2, 0.25) is 0 Å². The van der Waals surface area contributed by atoms with Gasteiger partial charge in [0.05, 0.1) is 22.6 Å². The van der Waals surface area contributed by atoms with Crippen molar-refractivity contribution in [2.75, 3.05) is 11.1 Å². The molecule has 0 atom stereocenters. The van der Waals surface area contributed by atoms with Crippen LogP contribution in [-0.2, 0) is 6.42 Å². The lowest BCUT2D eigenvalue weighted by Gasteiger charge is -2.10. The molecule has 0 bridgehead atoms. The molecule has 1 aromatic carbocycles. The number of nitrogen functional groups attached to an aromatic ring is 1. The van der Waals surface area contributed by atoms with Gasteiger partial charge in [0.1, 0.15) is 0 Å². The first-order chi connectivity index (χ1) is 9.51. The van der Waals surface area contributed by atoms with Crippen LogP contribution in [0, 0.1) is 6.92 Å². The lowest BCUT2D eigenvalue weighted by molar-refractivity contribution is 0.102. The van der Waals surface area contributed by atoms with Gasteiger partial charge in [-0.1, -0.05) is 6.92 Å². The fraction of sp³-hybridized carbons (Fsp3) is 0.214. The molecule has 2 aromatic rings. The third-order valence-corrected chi connectivity index (χ3v) is 3.47. The second-order valence-corrected chi connectivity index (χ2v) is 5.25. The van der Waals surface area contributed by atoms with Crippen LogP contribution < -0.4 is 11.1 Å². The number of amides is 1. The van der Waals surface area contributed by atoms with Gasteiger partial charge in [-0.15, -0.1) is 0 Å². The van der Waals surface area contributed by atoms with E-state index in [1.807, 2.05) is 13.8 Å². The smallest absolute Gasteiger partial charge is 0.257 e. The summed E-state index contributed by atoms with van der Waals surface area (Å²) in [5.41, 5.74) is 8.91. The topological polar surface area (TPSA) is 80.9 Å². The van der Waals surface area contributed by atoms with Gasteiger partial charge in [0.15, 0.2) is 0 Å². The normalized spacial score (nSPS) is 10.3. The number of hydrogen-bond acceptors (Lipinski definition) is 4. The zero-order chi connectivity index (χ0) is 14.7. The number of halogens is 1. The van der Waals surface area contributed by atoms with E-state index in [4.69, 9.17) is 5.73 Å². The standard InChI is InChI=1S/C14H15BrN4O/c1-3-12-10(6-8(2)18-19-12)14(20)17-13-5-4-9(16)7-11(13)15/h4-7H,3,16H2,1-2H3,(H,17,20). The first-order valence-corrected chi connectivity index (χ1v) is 7.00. The van der Waals surface area contributed by atoms with Gasteiger partial charge in [-0.3, -0.25) is 4.79 Å². The van der Waals surface area contributed by atoms with E-state index < -0.39 is 0 Å². The molecule has 0 unspecified atom stereocenters. The molecule has 1 aromatic heterocycles. The molecule has 2 rings (SSSR count). The zero-order valence-corrected chi connectivity index (χ0v) is 12.9. The molecular weight excluding hydrogens is 320 g/mol. The third-order valence-electron chi connectivity index (χ3n) is 2.81. The molecule has 0 aliphatic carbocycles. The van der Waals surface area contributed by atoms with Crippen molar-refractivity contribution in [2.45, 2.75) is 20.3 Å². The summed E-state index contributed by atoms with van der Waals surface area (Å²) in [4.78, 5) is 12.4. The number of rotatable bonds is 3. The molecule has 5 nitrogen and oxygen atoms in total. The van der Waals surface area contributed by atoms with E-state index in [0.717, 1.165) is 4.47 Å². The summed E-state index contributed by atoms with van der Waals surface area (Å²) < 4.78 is 0.739. The maximum Gasteiger partial charge on any atom is 0.257 e. The Morgan fingerprint density at radius 1 is 1.35 bits per heavy atom. The molecule has 104 valence electrons. The molecule has 3 N–H and O–H groups in total. The van der Waals surface area contributed by atoms with Crippen LogP contribution in [0.1, 0.15) is 28.7 Å². The zero-order valence-electron chi connectivity index (χ0n) is 11.3. The second kappa shape index (κ2) is 6.00. The van der Waals surface area contributed by atoms with Crippen molar-refractivity contribution in [1.82, 2.24) is 10.2 Å². The Hall–Kier alpha value is -1.95. The molecule has 0 saturated heterocycles. The first kappa shape index (κ1) is 14.5.